The summed E-state index contributed by atoms with van der Waals surface area (Å²) in [5, 5.41) is 0. The van der Waals surface area contributed by atoms with Crippen LogP contribution in [0.1, 0.15) is 40.0 Å². The fourth-order valence-electron chi connectivity index (χ4n) is 2.83. The van der Waals surface area contributed by atoms with E-state index in [4.69, 9.17) is 4.74 Å². The van der Waals surface area contributed by atoms with Gasteiger partial charge in [-0.1, -0.05) is 11.6 Å². The second kappa shape index (κ2) is 3.11. The summed E-state index contributed by atoms with van der Waals surface area (Å²) in [5.74, 6) is 0.895. The molecule has 0 aromatic rings. The van der Waals surface area contributed by atoms with E-state index in [0.29, 0.717) is 18.3 Å². The summed E-state index contributed by atoms with van der Waals surface area (Å²) in [6, 6.07) is 0. The predicted octanol–water partition coefficient (Wildman–Crippen LogP) is 2.68. The molecule has 0 spiro atoms. The monoisotopic (exact) mass is 194 g/mol. The first-order valence-corrected chi connectivity index (χ1v) is 5.38. The summed E-state index contributed by atoms with van der Waals surface area (Å²) in [6.45, 7) is 6.23. The van der Waals surface area contributed by atoms with E-state index in [9.17, 15) is 4.79 Å². The zero-order chi connectivity index (χ0) is 10.3. The van der Waals surface area contributed by atoms with Crippen molar-refractivity contribution in [2.24, 2.45) is 11.8 Å². The normalized spacial score (nSPS) is 35.6. The highest BCUT2D eigenvalue weighted by molar-refractivity contribution is 5.71. The lowest BCUT2D eigenvalue weighted by Gasteiger charge is -2.44. The molecule has 2 rings (SSSR count). The van der Waals surface area contributed by atoms with Gasteiger partial charge in [0, 0.05) is 5.92 Å². The highest BCUT2D eigenvalue weighted by Crippen LogP contribution is 2.43. The van der Waals surface area contributed by atoms with Crippen molar-refractivity contribution in [1.29, 1.82) is 0 Å². The van der Waals surface area contributed by atoms with Crippen molar-refractivity contribution in [2.75, 3.05) is 0 Å². The molecule has 78 valence electrons. The maximum Gasteiger partial charge on any atom is 0.306 e. The van der Waals surface area contributed by atoms with Crippen LogP contribution >= 0.6 is 0 Å². The Balaban J connectivity index is 2.26. The van der Waals surface area contributed by atoms with Crippen LogP contribution in [0.2, 0.25) is 0 Å². The summed E-state index contributed by atoms with van der Waals surface area (Å²) in [5.41, 5.74) is 1.16. The fraction of sp³-hybridized carbons (Fsp3) is 0.750. The molecule has 0 saturated carbocycles. The molecule has 0 aromatic carbocycles. The number of carbonyl (C=O) groups excluding carboxylic acids is 1. The number of rotatable bonds is 0. The quantitative estimate of drug-likeness (QED) is 0.438. The molecule has 14 heavy (non-hydrogen) atoms. The van der Waals surface area contributed by atoms with Crippen molar-refractivity contribution in [3.8, 4) is 0 Å². The minimum Gasteiger partial charge on any atom is -0.459 e. The number of hydrogen-bond acceptors (Lipinski definition) is 2. The van der Waals surface area contributed by atoms with E-state index in [1.165, 1.54) is 5.57 Å². The van der Waals surface area contributed by atoms with E-state index in [1.54, 1.807) is 0 Å². The molecular formula is C12H18O2. The fourth-order valence-corrected chi connectivity index (χ4v) is 2.83. The maximum atomic E-state index is 11.4. The van der Waals surface area contributed by atoms with Crippen LogP contribution in [0.25, 0.3) is 0 Å². The average molecular weight is 194 g/mol. The molecule has 0 unspecified atom stereocenters. The molecule has 0 aromatic heterocycles. The average Bonchev–Trinajstić information content (AvgIpc) is 2.00. The Labute approximate surface area is 85.3 Å². The maximum absolute atomic E-state index is 11.4. The van der Waals surface area contributed by atoms with Gasteiger partial charge in [-0.3, -0.25) is 4.79 Å². The van der Waals surface area contributed by atoms with Gasteiger partial charge in [0.2, 0.25) is 0 Å². The van der Waals surface area contributed by atoms with Crippen LogP contribution in [0.5, 0.6) is 0 Å². The number of esters is 1. The van der Waals surface area contributed by atoms with Gasteiger partial charge in [-0.05, 0) is 39.5 Å². The van der Waals surface area contributed by atoms with E-state index in [0.717, 1.165) is 12.8 Å². The van der Waals surface area contributed by atoms with Gasteiger partial charge >= 0.3 is 5.97 Å². The third-order valence-electron chi connectivity index (χ3n) is 3.54. The number of ether oxygens (including phenoxy) is 1. The second-order valence-electron chi connectivity index (χ2n) is 5.10. The van der Waals surface area contributed by atoms with Gasteiger partial charge in [0.05, 0.1) is 6.42 Å². The third-order valence-corrected chi connectivity index (χ3v) is 3.54. The molecule has 2 heteroatoms. The van der Waals surface area contributed by atoms with Crippen molar-refractivity contribution in [3.05, 3.63) is 11.6 Å². The number of cyclic esters (lactones) is 1. The first-order chi connectivity index (χ1) is 6.49. The smallest absolute Gasteiger partial charge is 0.306 e. The van der Waals surface area contributed by atoms with Crippen molar-refractivity contribution >= 4 is 5.97 Å². The van der Waals surface area contributed by atoms with Crippen molar-refractivity contribution < 1.29 is 9.53 Å². The van der Waals surface area contributed by atoms with Crippen molar-refractivity contribution in [2.45, 2.75) is 45.6 Å². The minimum atomic E-state index is -0.267. The molecule has 2 atom stereocenters. The topological polar surface area (TPSA) is 26.3 Å². The molecule has 1 aliphatic carbocycles. The number of hydrogen-bond donors (Lipinski definition) is 0. The highest BCUT2D eigenvalue weighted by Gasteiger charge is 2.44. The molecule has 2 nitrogen and oxygen atoms in total. The molecule has 0 radical (unpaired) electrons. The Morgan fingerprint density at radius 1 is 1.50 bits per heavy atom. The Morgan fingerprint density at radius 3 is 2.93 bits per heavy atom. The molecule has 0 bridgehead atoms. The lowest BCUT2D eigenvalue weighted by atomic mass is 9.70. The number of carbonyl (C=O) groups is 1. The van der Waals surface area contributed by atoms with Crippen LogP contribution in [0.15, 0.2) is 11.6 Å². The van der Waals surface area contributed by atoms with Gasteiger partial charge in [-0.25, -0.2) is 0 Å². The molecule has 1 saturated heterocycles. The molecule has 1 aliphatic heterocycles. The van der Waals surface area contributed by atoms with Gasteiger partial charge in [0.15, 0.2) is 0 Å². The molecule has 0 N–H and O–H groups in total. The van der Waals surface area contributed by atoms with E-state index >= 15 is 0 Å². The minimum absolute atomic E-state index is 0.0396. The zero-order valence-electron chi connectivity index (χ0n) is 9.17. The lowest BCUT2D eigenvalue weighted by Crippen LogP contribution is -2.46. The standard InChI is InChI=1S/C12H18O2/c1-8-4-5-10-9(6-8)7-11(13)14-12(10,2)3/h6,9-10H,4-5,7H2,1-3H3/t9-,10-/m1/s1. The first-order valence-electron chi connectivity index (χ1n) is 5.38. The van der Waals surface area contributed by atoms with Crippen LogP contribution in [0, 0.1) is 11.8 Å². The molecular weight excluding hydrogens is 176 g/mol. The van der Waals surface area contributed by atoms with Gasteiger partial charge in [-0.2, -0.15) is 0 Å². The van der Waals surface area contributed by atoms with Gasteiger partial charge in [0.1, 0.15) is 5.60 Å². The summed E-state index contributed by atoms with van der Waals surface area (Å²) in [7, 11) is 0. The SMILES string of the molecule is CC1=C[C@@H]2CC(=O)OC(C)(C)[C@@H]2CC1. The number of allylic oxidation sites excluding steroid dienone is 2. The summed E-state index contributed by atoms with van der Waals surface area (Å²) < 4.78 is 5.41. The van der Waals surface area contributed by atoms with E-state index in [1.807, 2.05) is 13.8 Å². The van der Waals surface area contributed by atoms with E-state index < -0.39 is 0 Å². The van der Waals surface area contributed by atoms with Crippen molar-refractivity contribution in [1.82, 2.24) is 0 Å². The van der Waals surface area contributed by atoms with Gasteiger partial charge in [0.25, 0.3) is 0 Å². The molecule has 0 amide bonds. The lowest BCUT2D eigenvalue weighted by molar-refractivity contribution is -0.175. The van der Waals surface area contributed by atoms with E-state index in [2.05, 4.69) is 13.0 Å². The largest absolute Gasteiger partial charge is 0.459 e. The summed E-state index contributed by atoms with van der Waals surface area (Å²) in [6.07, 6.45) is 5.16. The summed E-state index contributed by atoms with van der Waals surface area (Å²) in [4.78, 5) is 11.4. The first kappa shape index (κ1) is 9.75. The van der Waals surface area contributed by atoms with Crippen LogP contribution in [-0.4, -0.2) is 11.6 Å². The Bertz CT molecular complexity index is 289. The van der Waals surface area contributed by atoms with Crippen molar-refractivity contribution in [3.63, 3.8) is 0 Å². The molecule has 1 fully saturated rings. The Kier molecular flexibility index (Phi) is 2.17. The Morgan fingerprint density at radius 2 is 2.21 bits per heavy atom. The van der Waals surface area contributed by atoms with Crippen LogP contribution < -0.4 is 0 Å². The van der Waals surface area contributed by atoms with Crippen LogP contribution in [-0.2, 0) is 9.53 Å². The van der Waals surface area contributed by atoms with Gasteiger partial charge < -0.3 is 4.74 Å². The predicted molar refractivity (Wildman–Crippen MR) is 54.8 cm³/mol. The number of fused-ring (bicyclic) bond motifs is 1. The van der Waals surface area contributed by atoms with Crippen LogP contribution in [0.3, 0.4) is 0 Å². The molecule has 1 heterocycles. The Hall–Kier alpha value is -0.790. The highest BCUT2D eigenvalue weighted by atomic mass is 16.6. The van der Waals surface area contributed by atoms with E-state index in [-0.39, 0.29) is 11.6 Å². The third kappa shape index (κ3) is 1.58. The summed E-state index contributed by atoms with van der Waals surface area (Å²) >= 11 is 0. The zero-order valence-corrected chi connectivity index (χ0v) is 9.17. The van der Waals surface area contributed by atoms with Crippen LogP contribution in [0.4, 0.5) is 0 Å². The molecule has 2 aliphatic rings. The second-order valence-corrected chi connectivity index (χ2v) is 5.10. The van der Waals surface area contributed by atoms with Gasteiger partial charge in [-0.15, -0.1) is 0 Å².